The van der Waals surface area contributed by atoms with Gasteiger partial charge in [-0.25, -0.2) is 4.98 Å². The molecule has 1 amide bonds. The van der Waals surface area contributed by atoms with E-state index in [4.69, 9.17) is 4.98 Å². The van der Waals surface area contributed by atoms with E-state index in [1.165, 1.54) is 5.39 Å². The monoisotopic (exact) mass is 369 g/mol. The van der Waals surface area contributed by atoms with E-state index >= 15 is 0 Å². The highest BCUT2D eigenvalue weighted by Gasteiger charge is 2.44. The Morgan fingerprint density at radius 3 is 2.59 bits per heavy atom. The van der Waals surface area contributed by atoms with Crippen LogP contribution >= 0.6 is 0 Å². The van der Waals surface area contributed by atoms with Gasteiger partial charge in [0.25, 0.3) is 0 Å². The number of likely N-dealkylation sites (tertiary alicyclic amines) is 1. The lowest BCUT2D eigenvalue weighted by molar-refractivity contribution is -0.151. The second-order valence-corrected chi connectivity index (χ2v) is 9.14. The number of hydrogen-bond donors (Lipinski definition) is 1. The van der Waals surface area contributed by atoms with Gasteiger partial charge in [-0.15, -0.1) is 0 Å². The Balaban J connectivity index is 1.36. The second kappa shape index (κ2) is 6.93. The normalized spacial score (nSPS) is 26.6. The van der Waals surface area contributed by atoms with Gasteiger partial charge in [0, 0.05) is 42.8 Å². The number of amides is 1. The van der Waals surface area contributed by atoms with Gasteiger partial charge in [-0.05, 0) is 62.6 Å². The molecule has 146 valence electrons. The van der Waals surface area contributed by atoms with Gasteiger partial charge in [0.15, 0.2) is 0 Å². The standard InChI is InChI=1S/C22H31N3O2/c1-15(2)19-5-4-17-8-11-25(20(17)23-19)14-16-6-9-24(10-7-16)21(26)18-12-22(3,27)13-18/h4-5,8,11,15-16,18,27H,6-7,9-10,12-14H2,1-3H3/t18-,22+. The Labute approximate surface area is 161 Å². The third-order valence-electron chi connectivity index (χ3n) is 6.33. The van der Waals surface area contributed by atoms with E-state index in [0.717, 1.165) is 43.8 Å². The van der Waals surface area contributed by atoms with Gasteiger partial charge in [0.05, 0.1) is 5.60 Å². The Hall–Kier alpha value is -1.88. The zero-order valence-electron chi connectivity index (χ0n) is 16.7. The molecule has 1 aliphatic heterocycles. The fourth-order valence-electron chi connectivity index (χ4n) is 4.59. The van der Waals surface area contributed by atoms with E-state index in [2.05, 4.69) is 42.8 Å². The van der Waals surface area contributed by atoms with Crippen molar-refractivity contribution in [3.8, 4) is 0 Å². The number of aliphatic hydroxyl groups is 1. The molecule has 1 saturated heterocycles. The zero-order valence-corrected chi connectivity index (χ0v) is 16.7. The first kappa shape index (κ1) is 18.5. The minimum atomic E-state index is -0.629. The van der Waals surface area contributed by atoms with E-state index in [9.17, 15) is 9.90 Å². The highest BCUT2D eigenvalue weighted by molar-refractivity contribution is 5.80. The lowest BCUT2D eigenvalue weighted by atomic mass is 9.71. The molecule has 27 heavy (non-hydrogen) atoms. The molecular weight excluding hydrogens is 338 g/mol. The average Bonchev–Trinajstić information content (AvgIpc) is 3.02. The molecule has 0 bridgehead atoms. The Morgan fingerprint density at radius 2 is 1.96 bits per heavy atom. The maximum absolute atomic E-state index is 12.6. The molecule has 2 fully saturated rings. The van der Waals surface area contributed by atoms with E-state index in [1.807, 2.05) is 11.8 Å². The summed E-state index contributed by atoms with van der Waals surface area (Å²) in [6, 6.07) is 6.44. The van der Waals surface area contributed by atoms with Crippen LogP contribution in [-0.4, -0.2) is 44.2 Å². The van der Waals surface area contributed by atoms with Crippen molar-refractivity contribution in [1.29, 1.82) is 0 Å². The molecule has 0 radical (unpaired) electrons. The van der Waals surface area contributed by atoms with Gasteiger partial charge >= 0.3 is 0 Å². The first-order chi connectivity index (χ1) is 12.8. The Morgan fingerprint density at radius 1 is 1.26 bits per heavy atom. The number of rotatable bonds is 4. The van der Waals surface area contributed by atoms with Crippen LogP contribution < -0.4 is 0 Å². The number of nitrogens with zero attached hydrogens (tertiary/aromatic N) is 3. The molecule has 4 rings (SSSR count). The number of hydrogen-bond acceptors (Lipinski definition) is 3. The van der Waals surface area contributed by atoms with Crippen LogP contribution in [0.2, 0.25) is 0 Å². The van der Waals surface area contributed by atoms with Gasteiger partial charge in [-0.3, -0.25) is 4.79 Å². The van der Waals surface area contributed by atoms with Crippen molar-refractivity contribution in [2.45, 2.75) is 64.5 Å². The van der Waals surface area contributed by atoms with Crippen molar-refractivity contribution in [3.63, 3.8) is 0 Å². The molecule has 1 N–H and O–H groups in total. The van der Waals surface area contributed by atoms with Gasteiger partial charge in [-0.1, -0.05) is 13.8 Å². The SMILES string of the molecule is CC(C)c1ccc2ccn(CC3CCN(C(=O)[C@H]4C[C@@](C)(O)C4)CC3)c2n1. The van der Waals surface area contributed by atoms with Gasteiger partial charge in [0.2, 0.25) is 5.91 Å². The largest absolute Gasteiger partial charge is 0.390 e. The third-order valence-corrected chi connectivity index (χ3v) is 6.33. The first-order valence-corrected chi connectivity index (χ1v) is 10.3. The molecule has 2 aliphatic rings. The molecule has 5 heteroatoms. The maximum Gasteiger partial charge on any atom is 0.225 e. The lowest BCUT2D eigenvalue weighted by Crippen LogP contribution is -2.51. The molecule has 0 spiro atoms. The van der Waals surface area contributed by atoms with Crippen molar-refractivity contribution >= 4 is 16.9 Å². The van der Waals surface area contributed by atoms with E-state index in [1.54, 1.807) is 0 Å². The number of aromatic nitrogens is 2. The fourth-order valence-corrected chi connectivity index (χ4v) is 4.59. The summed E-state index contributed by atoms with van der Waals surface area (Å²) in [5.74, 6) is 1.29. The summed E-state index contributed by atoms with van der Waals surface area (Å²) < 4.78 is 2.28. The zero-order chi connectivity index (χ0) is 19.2. The van der Waals surface area contributed by atoms with Crippen LogP contribution in [0.5, 0.6) is 0 Å². The maximum atomic E-state index is 12.6. The van der Waals surface area contributed by atoms with Crippen LogP contribution in [0.25, 0.3) is 11.0 Å². The molecular formula is C22H31N3O2. The minimum absolute atomic E-state index is 0.0311. The minimum Gasteiger partial charge on any atom is -0.390 e. The molecule has 5 nitrogen and oxygen atoms in total. The molecule has 0 unspecified atom stereocenters. The molecule has 0 atom stereocenters. The van der Waals surface area contributed by atoms with Gasteiger partial charge in [0.1, 0.15) is 5.65 Å². The molecule has 2 aromatic rings. The predicted octanol–water partition coefficient (Wildman–Crippen LogP) is 3.56. The molecule has 1 aliphatic carbocycles. The van der Waals surface area contributed by atoms with E-state index in [0.29, 0.717) is 24.7 Å². The lowest BCUT2D eigenvalue weighted by Gasteiger charge is -2.43. The third kappa shape index (κ3) is 3.75. The van der Waals surface area contributed by atoms with Crippen LogP contribution in [0.1, 0.15) is 58.1 Å². The first-order valence-electron chi connectivity index (χ1n) is 10.3. The predicted molar refractivity (Wildman–Crippen MR) is 106 cm³/mol. The van der Waals surface area contributed by atoms with Crippen molar-refractivity contribution in [2.75, 3.05) is 13.1 Å². The quantitative estimate of drug-likeness (QED) is 0.896. The van der Waals surface area contributed by atoms with E-state index in [-0.39, 0.29) is 11.8 Å². The Kier molecular flexibility index (Phi) is 4.75. The van der Waals surface area contributed by atoms with Crippen LogP contribution in [0.3, 0.4) is 0 Å². The second-order valence-electron chi connectivity index (χ2n) is 9.14. The molecule has 1 saturated carbocycles. The molecule has 0 aromatic carbocycles. The summed E-state index contributed by atoms with van der Waals surface area (Å²) in [7, 11) is 0. The van der Waals surface area contributed by atoms with Crippen molar-refractivity contribution in [2.24, 2.45) is 11.8 Å². The van der Waals surface area contributed by atoms with Crippen molar-refractivity contribution in [1.82, 2.24) is 14.5 Å². The van der Waals surface area contributed by atoms with Crippen molar-refractivity contribution < 1.29 is 9.90 Å². The van der Waals surface area contributed by atoms with E-state index < -0.39 is 5.60 Å². The highest BCUT2D eigenvalue weighted by atomic mass is 16.3. The number of carbonyl (C=O) groups excluding carboxylic acids is 1. The summed E-state index contributed by atoms with van der Waals surface area (Å²) in [5.41, 5.74) is 1.59. The van der Waals surface area contributed by atoms with Gasteiger partial charge in [-0.2, -0.15) is 0 Å². The smallest absolute Gasteiger partial charge is 0.225 e. The number of piperidine rings is 1. The van der Waals surface area contributed by atoms with Gasteiger partial charge < -0.3 is 14.6 Å². The Bertz CT molecular complexity index is 823. The molecule has 2 aromatic heterocycles. The summed E-state index contributed by atoms with van der Waals surface area (Å²) in [6.45, 7) is 8.82. The highest BCUT2D eigenvalue weighted by Crippen LogP contribution is 2.39. The number of carbonyl (C=O) groups is 1. The number of fused-ring (bicyclic) bond motifs is 1. The van der Waals surface area contributed by atoms with Crippen LogP contribution in [0, 0.1) is 11.8 Å². The van der Waals surface area contributed by atoms with Crippen LogP contribution in [-0.2, 0) is 11.3 Å². The molecule has 3 heterocycles. The fraction of sp³-hybridized carbons (Fsp3) is 0.636. The summed E-state index contributed by atoms with van der Waals surface area (Å²) in [5, 5.41) is 11.1. The van der Waals surface area contributed by atoms with Crippen molar-refractivity contribution in [3.05, 3.63) is 30.1 Å². The summed E-state index contributed by atoms with van der Waals surface area (Å²) in [6.07, 6.45) is 5.46. The topological polar surface area (TPSA) is 58.4 Å². The summed E-state index contributed by atoms with van der Waals surface area (Å²) in [4.78, 5) is 19.5. The number of pyridine rings is 1. The average molecular weight is 370 g/mol. The van der Waals surface area contributed by atoms with Crippen LogP contribution in [0.4, 0.5) is 0 Å². The summed E-state index contributed by atoms with van der Waals surface area (Å²) >= 11 is 0. The van der Waals surface area contributed by atoms with Crippen LogP contribution in [0.15, 0.2) is 24.4 Å².